The summed E-state index contributed by atoms with van der Waals surface area (Å²) >= 11 is 0. The predicted molar refractivity (Wildman–Crippen MR) is 119 cm³/mol. The van der Waals surface area contributed by atoms with E-state index in [-0.39, 0.29) is 0 Å². The van der Waals surface area contributed by atoms with Gasteiger partial charge in [0.25, 0.3) is 0 Å². The van der Waals surface area contributed by atoms with Crippen molar-refractivity contribution in [2.24, 2.45) is 0 Å². The van der Waals surface area contributed by atoms with Crippen LogP contribution in [0.2, 0.25) is 0 Å². The van der Waals surface area contributed by atoms with E-state index in [2.05, 4.69) is 114 Å². The minimum atomic E-state index is 1.33. The summed E-state index contributed by atoms with van der Waals surface area (Å²) in [7, 11) is 0. The Morgan fingerprint density at radius 1 is 0.269 bits per heavy atom. The third kappa shape index (κ3) is 12.1. The first-order chi connectivity index (χ1) is 12.4. The Balaban J connectivity index is 0.000000344. The Hall–Kier alpha value is -2.34. The molecule has 0 N–H and O–H groups in total. The summed E-state index contributed by atoms with van der Waals surface area (Å²) in [5.41, 5.74) is 7.98. The molecule has 0 heterocycles. The molecule has 0 heteroatoms. The van der Waals surface area contributed by atoms with Crippen LogP contribution < -0.4 is 0 Å². The second-order valence-corrected chi connectivity index (χ2v) is 6.46. The number of hydrogen-bond acceptors (Lipinski definition) is 0. The lowest BCUT2D eigenvalue weighted by Crippen LogP contribution is -1.70. The molecule has 0 aliphatic carbocycles. The first-order valence-corrected chi connectivity index (χ1v) is 9.46. The predicted octanol–water partition coefficient (Wildman–Crippen LogP) is 7.94. The van der Waals surface area contributed by atoms with E-state index < -0.39 is 0 Å². The minimum absolute atomic E-state index is 1.33. The Labute approximate surface area is 161 Å². The zero-order valence-electron chi connectivity index (χ0n) is 17.9. The molecule has 3 rings (SSSR count). The maximum atomic E-state index is 2.12. The zero-order chi connectivity index (χ0) is 19.9. The lowest BCUT2D eigenvalue weighted by Gasteiger charge is -1.90. The van der Waals surface area contributed by atoms with Crippen LogP contribution in [0.25, 0.3) is 0 Å². The molecule has 0 fully saturated rings. The normalized spacial score (nSPS) is 8.77. The van der Waals surface area contributed by atoms with E-state index in [9.17, 15) is 0 Å². The molecule has 0 amide bonds. The summed E-state index contributed by atoms with van der Waals surface area (Å²) in [6.45, 7) is 16.6. The SMILES string of the molecule is CC.Cc1ccc(C)cc1.Cc1ccc(C)cc1.Cc1ccc(C)cc1. The van der Waals surface area contributed by atoms with Gasteiger partial charge in [-0.05, 0) is 41.5 Å². The van der Waals surface area contributed by atoms with E-state index in [1.54, 1.807) is 0 Å². The van der Waals surface area contributed by atoms with Gasteiger partial charge in [0, 0.05) is 0 Å². The molecule has 3 aromatic rings. The monoisotopic (exact) mass is 348 g/mol. The molecule has 0 radical (unpaired) electrons. The zero-order valence-corrected chi connectivity index (χ0v) is 17.9. The first kappa shape index (κ1) is 23.7. The number of hydrogen-bond donors (Lipinski definition) is 0. The van der Waals surface area contributed by atoms with Crippen LogP contribution in [0.5, 0.6) is 0 Å². The highest BCUT2D eigenvalue weighted by Crippen LogP contribution is 2.00. The molecule has 0 bridgehead atoms. The standard InChI is InChI=1S/3C8H10.C2H6/c3*1-7-3-5-8(2)6-4-7;1-2/h3*3-6H,1-2H3;1-2H3. The largest absolute Gasteiger partial charge is 0.0683 e. The van der Waals surface area contributed by atoms with Gasteiger partial charge < -0.3 is 0 Å². The first-order valence-electron chi connectivity index (χ1n) is 9.46. The van der Waals surface area contributed by atoms with Crippen molar-refractivity contribution in [3.63, 3.8) is 0 Å². The molecule has 140 valence electrons. The highest BCUT2D eigenvalue weighted by atomic mass is 13.9. The van der Waals surface area contributed by atoms with Gasteiger partial charge in [0.2, 0.25) is 0 Å². The quantitative estimate of drug-likeness (QED) is 0.387. The fraction of sp³-hybridized carbons (Fsp3) is 0.308. The third-order valence-electron chi connectivity index (χ3n) is 3.65. The van der Waals surface area contributed by atoms with E-state index in [1.165, 1.54) is 33.4 Å². The van der Waals surface area contributed by atoms with Gasteiger partial charge in [-0.15, -0.1) is 0 Å². The smallest absolute Gasteiger partial charge is 0.0398 e. The Morgan fingerprint density at radius 3 is 0.423 bits per heavy atom. The van der Waals surface area contributed by atoms with Crippen LogP contribution >= 0.6 is 0 Å². The summed E-state index contributed by atoms with van der Waals surface area (Å²) in [5.74, 6) is 0. The molecular weight excluding hydrogens is 312 g/mol. The number of benzene rings is 3. The number of rotatable bonds is 0. The van der Waals surface area contributed by atoms with Crippen molar-refractivity contribution in [1.82, 2.24) is 0 Å². The highest BCUT2D eigenvalue weighted by Gasteiger charge is 1.81. The van der Waals surface area contributed by atoms with Crippen molar-refractivity contribution in [2.45, 2.75) is 55.4 Å². The lowest BCUT2D eigenvalue weighted by atomic mass is 10.2. The van der Waals surface area contributed by atoms with E-state index in [4.69, 9.17) is 0 Å². The Bertz CT molecular complexity index is 520. The molecule has 0 atom stereocenters. The van der Waals surface area contributed by atoms with Crippen molar-refractivity contribution < 1.29 is 0 Å². The second-order valence-electron chi connectivity index (χ2n) is 6.46. The van der Waals surface area contributed by atoms with Crippen molar-refractivity contribution in [3.8, 4) is 0 Å². The molecule has 0 saturated heterocycles. The molecule has 26 heavy (non-hydrogen) atoms. The maximum Gasteiger partial charge on any atom is -0.0398 e. The van der Waals surface area contributed by atoms with Crippen LogP contribution in [-0.2, 0) is 0 Å². The van der Waals surface area contributed by atoms with Crippen molar-refractivity contribution in [2.75, 3.05) is 0 Å². The summed E-state index contributed by atoms with van der Waals surface area (Å²) in [6, 6.07) is 25.4. The third-order valence-corrected chi connectivity index (χ3v) is 3.65. The van der Waals surface area contributed by atoms with Crippen LogP contribution in [0, 0.1) is 41.5 Å². The molecule has 0 unspecified atom stereocenters. The summed E-state index contributed by atoms with van der Waals surface area (Å²) < 4.78 is 0. The van der Waals surface area contributed by atoms with Gasteiger partial charge in [-0.1, -0.05) is 120 Å². The lowest BCUT2D eigenvalue weighted by molar-refractivity contribution is 1.40. The average molecular weight is 349 g/mol. The van der Waals surface area contributed by atoms with Gasteiger partial charge in [0.1, 0.15) is 0 Å². The minimum Gasteiger partial charge on any atom is -0.0683 e. The maximum absolute atomic E-state index is 2.12. The van der Waals surface area contributed by atoms with Crippen LogP contribution in [-0.4, -0.2) is 0 Å². The number of aryl methyl sites for hydroxylation is 6. The van der Waals surface area contributed by atoms with Gasteiger partial charge in [-0.25, -0.2) is 0 Å². The second kappa shape index (κ2) is 13.9. The molecule has 0 aliphatic rings. The molecular formula is C26H36. The molecule has 3 aromatic carbocycles. The summed E-state index contributed by atoms with van der Waals surface area (Å²) in [6.07, 6.45) is 0. The Kier molecular flexibility index (Phi) is 12.6. The van der Waals surface area contributed by atoms with Gasteiger partial charge in [-0.3, -0.25) is 0 Å². The van der Waals surface area contributed by atoms with Gasteiger partial charge in [0.15, 0.2) is 0 Å². The molecule has 0 aliphatic heterocycles. The summed E-state index contributed by atoms with van der Waals surface area (Å²) in [4.78, 5) is 0. The van der Waals surface area contributed by atoms with Crippen molar-refractivity contribution in [3.05, 3.63) is 106 Å². The highest BCUT2D eigenvalue weighted by molar-refractivity contribution is 5.20. The van der Waals surface area contributed by atoms with Crippen molar-refractivity contribution >= 4 is 0 Å². The topological polar surface area (TPSA) is 0 Å². The van der Waals surface area contributed by atoms with E-state index in [1.807, 2.05) is 13.8 Å². The molecule has 0 saturated carbocycles. The van der Waals surface area contributed by atoms with Crippen LogP contribution in [0.15, 0.2) is 72.8 Å². The molecule has 0 spiro atoms. The van der Waals surface area contributed by atoms with Crippen LogP contribution in [0.3, 0.4) is 0 Å². The summed E-state index contributed by atoms with van der Waals surface area (Å²) in [5, 5.41) is 0. The Morgan fingerprint density at radius 2 is 0.346 bits per heavy atom. The van der Waals surface area contributed by atoms with E-state index in [0.29, 0.717) is 0 Å². The fourth-order valence-electron chi connectivity index (χ4n) is 1.91. The average Bonchev–Trinajstić information content (AvgIpc) is 2.65. The fourth-order valence-corrected chi connectivity index (χ4v) is 1.91. The van der Waals surface area contributed by atoms with E-state index in [0.717, 1.165) is 0 Å². The van der Waals surface area contributed by atoms with Gasteiger partial charge in [0.05, 0.1) is 0 Å². The van der Waals surface area contributed by atoms with E-state index >= 15 is 0 Å². The molecule has 0 aromatic heterocycles. The van der Waals surface area contributed by atoms with Crippen LogP contribution in [0.1, 0.15) is 47.2 Å². The van der Waals surface area contributed by atoms with Crippen LogP contribution in [0.4, 0.5) is 0 Å². The van der Waals surface area contributed by atoms with Crippen molar-refractivity contribution in [1.29, 1.82) is 0 Å². The molecule has 0 nitrogen and oxygen atoms in total. The van der Waals surface area contributed by atoms with Gasteiger partial charge >= 0.3 is 0 Å². The van der Waals surface area contributed by atoms with Gasteiger partial charge in [-0.2, -0.15) is 0 Å².